The van der Waals surface area contributed by atoms with Gasteiger partial charge in [0.15, 0.2) is 29.6 Å². The Morgan fingerprint density at radius 3 is 2.64 bits per heavy atom. The minimum Gasteiger partial charge on any atom is -0.493 e. The van der Waals surface area contributed by atoms with Gasteiger partial charge >= 0.3 is 5.97 Å². The van der Waals surface area contributed by atoms with Gasteiger partial charge in [-0.25, -0.2) is 0 Å². The molecule has 9 nitrogen and oxygen atoms in total. The largest absolute Gasteiger partial charge is 0.493 e. The Hall–Kier alpha value is -3.62. The molecule has 0 saturated carbocycles. The molecule has 0 atom stereocenters. The maximum absolute atomic E-state index is 12.2. The number of furan rings is 1. The number of aromatic nitrogens is 2. The number of ether oxygens (including phenoxy) is 3. The molecule has 2 heterocycles. The van der Waals surface area contributed by atoms with Crippen LogP contribution in [0.3, 0.4) is 0 Å². The van der Waals surface area contributed by atoms with Crippen LogP contribution in [-0.2, 0) is 16.0 Å². The fourth-order valence-electron chi connectivity index (χ4n) is 2.38. The Kier molecular flexibility index (Phi) is 6.05. The summed E-state index contributed by atoms with van der Waals surface area (Å²) in [6.45, 7) is -0.379. The summed E-state index contributed by atoms with van der Waals surface area (Å²) < 4.78 is 25.5. The molecule has 0 fully saturated rings. The maximum Gasteiger partial charge on any atom is 0.306 e. The van der Waals surface area contributed by atoms with Crippen molar-refractivity contribution >= 4 is 11.8 Å². The molecule has 0 radical (unpaired) electrons. The highest BCUT2D eigenvalue weighted by molar-refractivity contribution is 5.98. The lowest BCUT2D eigenvalue weighted by Gasteiger charge is -2.09. The zero-order chi connectivity index (χ0) is 19.9. The van der Waals surface area contributed by atoms with E-state index in [0.717, 1.165) is 0 Å². The van der Waals surface area contributed by atoms with E-state index in [1.807, 2.05) is 0 Å². The molecular weight excluding hydrogens is 368 g/mol. The molecule has 0 spiro atoms. The van der Waals surface area contributed by atoms with Crippen LogP contribution in [0.2, 0.25) is 0 Å². The lowest BCUT2D eigenvalue weighted by molar-refractivity contribution is -0.142. The van der Waals surface area contributed by atoms with Gasteiger partial charge < -0.3 is 23.2 Å². The van der Waals surface area contributed by atoms with Crippen molar-refractivity contribution in [2.24, 2.45) is 0 Å². The first-order chi connectivity index (χ1) is 13.6. The number of aryl methyl sites for hydroxylation is 1. The second-order valence-corrected chi connectivity index (χ2v) is 5.64. The molecule has 0 aliphatic rings. The normalized spacial score (nSPS) is 10.5. The van der Waals surface area contributed by atoms with Crippen molar-refractivity contribution < 1.29 is 32.7 Å². The number of nitrogens with zero attached hydrogens (tertiary/aromatic N) is 2. The molecule has 2 aromatic heterocycles. The Morgan fingerprint density at radius 2 is 1.93 bits per heavy atom. The molecule has 0 N–H and O–H groups in total. The number of ketones is 1. The molecule has 0 amide bonds. The molecule has 3 aromatic rings. The Bertz CT molecular complexity index is 947. The molecule has 0 saturated heterocycles. The molecule has 0 aliphatic carbocycles. The van der Waals surface area contributed by atoms with E-state index < -0.39 is 5.97 Å². The van der Waals surface area contributed by atoms with Gasteiger partial charge in [-0.15, -0.1) is 0 Å². The number of carbonyl (C=O) groups excluding carboxylic acids is 2. The third-order valence-electron chi connectivity index (χ3n) is 3.82. The minimum atomic E-state index is -0.549. The van der Waals surface area contributed by atoms with Crippen LogP contribution in [-0.4, -0.2) is 42.7 Å². The zero-order valence-electron chi connectivity index (χ0n) is 15.3. The summed E-state index contributed by atoms with van der Waals surface area (Å²) in [6.07, 6.45) is 1.69. The van der Waals surface area contributed by atoms with Crippen molar-refractivity contribution in [3.63, 3.8) is 0 Å². The van der Waals surface area contributed by atoms with E-state index in [-0.39, 0.29) is 31.1 Å². The lowest BCUT2D eigenvalue weighted by Crippen LogP contribution is -2.14. The van der Waals surface area contributed by atoms with Gasteiger partial charge in [-0.1, -0.05) is 5.16 Å². The molecule has 146 valence electrons. The maximum atomic E-state index is 12.2. The molecule has 0 unspecified atom stereocenters. The van der Waals surface area contributed by atoms with Crippen LogP contribution in [0.4, 0.5) is 0 Å². The second-order valence-electron chi connectivity index (χ2n) is 5.64. The topological polar surface area (TPSA) is 114 Å². The number of esters is 1. The highest BCUT2D eigenvalue weighted by Gasteiger charge is 2.15. The van der Waals surface area contributed by atoms with Crippen LogP contribution in [0.5, 0.6) is 11.5 Å². The van der Waals surface area contributed by atoms with E-state index in [1.54, 1.807) is 24.3 Å². The Morgan fingerprint density at radius 1 is 1.11 bits per heavy atom. The molecule has 28 heavy (non-hydrogen) atoms. The van der Waals surface area contributed by atoms with Gasteiger partial charge in [0.1, 0.15) is 0 Å². The predicted molar refractivity (Wildman–Crippen MR) is 95.2 cm³/mol. The highest BCUT2D eigenvalue weighted by Crippen LogP contribution is 2.27. The van der Waals surface area contributed by atoms with Crippen LogP contribution in [0.1, 0.15) is 22.7 Å². The van der Waals surface area contributed by atoms with Gasteiger partial charge in [0.05, 0.1) is 26.9 Å². The third kappa shape index (κ3) is 4.56. The summed E-state index contributed by atoms with van der Waals surface area (Å²) >= 11 is 0. The average Bonchev–Trinajstić information content (AvgIpc) is 3.41. The Labute approximate surface area is 160 Å². The van der Waals surface area contributed by atoms with Gasteiger partial charge in [0.25, 0.3) is 0 Å². The summed E-state index contributed by atoms with van der Waals surface area (Å²) in [7, 11) is 2.98. The smallest absolute Gasteiger partial charge is 0.306 e. The molecule has 3 rings (SSSR count). The predicted octanol–water partition coefficient (Wildman–Crippen LogP) is 2.71. The number of rotatable bonds is 9. The number of hydrogen-bond acceptors (Lipinski definition) is 9. The van der Waals surface area contributed by atoms with E-state index in [0.29, 0.717) is 28.6 Å². The fraction of sp³-hybridized carbons (Fsp3) is 0.263. The summed E-state index contributed by atoms with van der Waals surface area (Å²) in [6, 6.07) is 8.12. The molecular formula is C19H18N2O7. The first kappa shape index (κ1) is 19.2. The number of methoxy groups -OCH3 is 2. The summed E-state index contributed by atoms with van der Waals surface area (Å²) in [5, 5.41) is 3.77. The van der Waals surface area contributed by atoms with E-state index in [4.69, 9.17) is 23.2 Å². The van der Waals surface area contributed by atoms with Gasteiger partial charge in [0, 0.05) is 12.0 Å². The van der Waals surface area contributed by atoms with Crippen molar-refractivity contribution in [2.45, 2.75) is 12.8 Å². The second kappa shape index (κ2) is 8.85. The summed E-state index contributed by atoms with van der Waals surface area (Å²) in [4.78, 5) is 28.2. The first-order valence-corrected chi connectivity index (χ1v) is 8.38. The van der Waals surface area contributed by atoms with Crippen molar-refractivity contribution in [3.8, 4) is 23.1 Å². The Balaban J connectivity index is 1.48. The van der Waals surface area contributed by atoms with Gasteiger partial charge in [-0.2, -0.15) is 4.98 Å². The number of carbonyl (C=O) groups is 2. The number of benzene rings is 1. The van der Waals surface area contributed by atoms with Crippen LogP contribution < -0.4 is 9.47 Å². The highest BCUT2D eigenvalue weighted by atomic mass is 16.5. The van der Waals surface area contributed by atoms with Gasteiger partial charge in [-0.05, 0) is 30.3 Å². The number of hydrogen-bond donors (Lipinski definition) is 0. The van der Waals surface area contributed by atoms with E-state index in [9.17, 15) is 9.59 Å². The molecule has 0 bridgehead atoms. The quantitative estimate of drug-likeness (QED) is 0.404. The van der Waals surface area contributed by atoms with Crippen LogP contribution >= 0.6 is 0 Å². The van der Waals surface area contributed by atoms with E-state index in [1.165, 1.54) is 26.5 Å². The monoisotopic (exact) mass is 386 g/mol. The fourth-order valence-corrected chi connectivity index (χ4v) is 2.38. The van der Waals surface area contributed by atoms with Crippen molar-refractivity contribution in [1.82, 2.24) is 10.1 Å². The first-order valence-electron chi connectivity index (χ1n) is 8.38. The summed E-state index contributed by atoms with van der Waals surface area (Å²) in [5.74, 6) is 1.07. The van der Waals surface area contributed by atoms with Crippen molar-refractivity contribution in [2.75, 3.05) is 20.8 Å². The molecule has 9 heteroatoms. The van der Waals surface area contributed by atoms with Crippen LogP contribution in [0, 0.1) is 0 Å². The number of Topliss-reactive ketones (excluding diaryl/α,β-unsaturated/α-hetero) is 1. The average molecular weight is 386 g/mol. The van der Waals surface area contributed by atoms with Crippen LogP contribution in [0.25, 0.3) is 11.6 Å². The van der Waals surface area contributed by atoms with Gasteiger partial charge in [0.2, 0.25) is 11.7 Å². The zero-order valence-corrected chi connectivity index (χ0v) is 15.3. The van der Waals surface area contributed by atoms with Crippen molar-refractivity contribution in [3.05, 3.63) is 48.0 Å². The summed E-state index contributed by atoms with van der Waals surface area (Å²) in [5.41, 5.74) is 0.352. The van der Waals surface area contributed by atoms with Gasteiger partial charge in [-0.3, -0.25) is 9.59 Å². The minimum absolute atomic E-state index is 0.000990. The standard InChI is InChI=1S/C19H18N2O7/c1-24-14-6-5-12(10-16(14)25-2)13(22)11-27-18(23)8-7-17-20-19(21-28-17)15-4-3-9-26-15/h3-6,9-10H,7-8,11H2,1-2H3. The SMILES string of the molecule is COc1ccc(C(=O)COC(=O)CCc2nc(-c3ccco3)no2)cc1OC. The van der Waals surface area contributed by atoms with Crippen LogP contribution in [0.15, 0.2) is 45.5 Å². The lowest BCUT2D eigenvalue weighted by atomic mass is 10.1. The third-order valence-corrected chi connectivity index (χ3v) is 3.82. The molecule has 0 aliphatic heterocycles. The van der Waals surface area contributed by atoms with Crippen molar-refractivity contribution in [1.29, 1.82) is 0 Å². The molecule has 1 aromatic carbocycles. The van der Waals surface area contributed by atoms with E-state index >= 15 is 0 Å². The van der Waals surface area contributed by atoms with E-state index in [2.05, 4.69) is 10.1 Å².